The van der Waals surface area contributed by atoms with E-state index in [1.54, 1.807) is 10.7 Å². The zero-order valence-corrected chi connectivity index (χ0v) is 13.4. The van der Waals surface area contributed by atoms with Crippen molar-refractivity contribution in [2.75, 3.05) is 6.61 Å². The highest BCUT2D eigenvalue weighted by Gasteiger charge is 2.18. The zero-order valence-electron chi connectivity index (χ0n) is 13.4. The van der Waals surface area contributed by atoms with Crippen molar-refractivity contribution in [2.45, 2.75) is 13.0 Å². The number of carbonyl (C=O) groups is 1. The van der Waals surface area contributed by atoms with Gasteiger partial charge in [0.25, 0.3) is 5.91 Å². The maximum atomic E-state index is 12.5. The van der Waals surface area contributed by atoms with Crippen molar-refractivity contribution in [2.24, 2.45) is 0 Å². The molecule has 5 nitrogen and oxygen atoms in total. The molecular formula is C19H19N3O2. The van der Waals surface area contributed by atoms with Gasteiger partial charge in [-0.1, -0.05) is 48.5 Å². The first-order valence-electron chi connectivity index (χ1n) is 7.78. The summed E-state index contributed by atoms with van der Waals surface area (Å²) in [4.78, 5) is 12.5. The van der Waals surface area contributed by atoms with Gasteiger partial charge in [-0.15, -0.1) is 0 Å². The topological polar surface area (TPSA) is 67.2 Å². The predicted molar refractivity (Wildman–Crippen MR) is 92.0 cm³/mol. The van der Waals surface area contributed by atoms with Crippen LogP contribution in [-0.2, 0) is 0 Å². The Kier molecular flexibility index (Phi) is 4.72. The molecule has 3 aromatic rings. The minimum atomic E-state index is -0.458. The van der Waals surface area contributed by atoms with Gasteiger partial charge in [0, 0.05) is 5.69 Å². The maximum Gasteiger partial charge on any atom is 0.272 e. The molecule has 0 aliphatic heterocycles. The minimum absolute atomic E-state index is 0.172. The van der Waals surface area contributed by atoms with E-state index in [0.717, 1.165) is 16.9 Å². The van der Waals surface area contributed by atoms with Crippen molar-refractivity contribution in [3.8, 4) is 5.69 Å². The number of benzene rings is 2. The molecule has 5 heteroatoms. The van der Waals surface area contributed by atoms with E-state index in [2.05, 4.69) is 10.4 Å². The number of nitrogens with one attached hydrogen (secondary N) is 1. The summed E-state index contributed by atoms with van der Waals surface area (Å²) in [6, 6.07) is 20.3. The molecule has 1 unspecified atom stereocenters. The highest BCUT2D eigenvalue weighted by molar-refractivity contribution is 5.92. The largest absolute Gasteiger partial charge is 0.394 e. The normalized spacial score (nSPS) is 11.9. The van der Waals surface area contributed by atoms with E-state index in [0.29, 0.717) is 5.69 Å². The molecule has 0 fully saturated rings. The van der Waals surface area contributed by atoms with Crippen molar-refractivity contribution < 1.29 is 9.90 Å². The van der Waals surface area contributed by atoms with Gasteiger partial charge >= 0.3 is 0 Å². The van der Waals surface area contributed by atoms with Gasteiger partial charge in [-0.2, -0.15) is 5.10 Å². The van der Waals surface area contributed by atoms with E-state index in [9.17, 15) is 9.90 Å². The highest BCUT2D eigenvalue weighted by atomic mass is 16.3. The van der Waals surface area contributed by atoms with Crippen LogP contribution >= 0.6 is 0 Å². The molecule has 1 heterocycles. The molecule has 0 saturated carbocycles. The van der Waals surface area contributed by atoms with Gasteiger partial charge in [0.1, 0.15) is 0 Å². The van der Waals surface area contributed by atoms with Crippen LogP contribution in [0.15, 0.2) is 66.7 Å². The molecular weight excluding hydrogens is 302 g/mol. The molecule has 0 spiro atoms. The lowest BCUT2D eigenvalue weighted by Gasteiger charge is -2.15. The zero-order chi connectivity index (χ0) is 16.9. The second kappa shape index (κ2) is 7.10. The predicted octanol–water partition coefficient (Wildman–Crippen LogP) is 2.64. The van der Waals surface area contributed by atoms with Crippen LogP contribution < -0.4 is 5.32 Å². The molecule has 1 aromatic heterocycles. The lowest BCUT2D eigenvalue weighted by atomic mass is 10.1. The number of aliphatic hydroxyl groups excluding tert-OH is 1. The number of carbonyl (C=O) groups excluding carboxylic acids is 1. The van der Waals surface area contributed by atoms with Crippen molar-refractivity contribution in [3.63, 3.8) is 0 Å². The number of hydrogen-bond donors (Lipinski definition) is 2. The van der Waals surface area contributed by atoms with Gasteiger partial charge in [0.15, 0.2) is 5.69 Å². The Morgan fingerprint density at radius 2 is 1.75 bits per heavy atom. The van der Waals surface area contributed by atoms with Crippen LogP contribution in [0.3, 0.4) is 0 Å². The van der Waals surface area contributed by atoms with Gasteiger partial charge in [0.2, 0.25) is 0 Å². The van der Waals surface area contributed by atoms with Crippen LogP contribution in [-0.4, -0.2) is 27.4 Å². The second-order valence-corrected chi connectivity index (χ2v) is 5.54. The van der Waals surface area contributed by atoms with Gasteiger partial charge in [-0.25, -0.2) is 4.68 Å². The molecule has 1 atom stereocenters. The first-order chi connectivity index (χ1) is 11.7. The van der Waals surface area contributed by atoms with Crippen LogP contribution in [0, 0.1) is 6.92 Å². The standard InChI is InChI=1S/C19H19N3O2/c1-14-12-17(21-22(14)16-10-6-3-7-11-16)19(24)20-18(13-23)15-8-4-2-5-9-15/h2-12,18,23H,13H2,1H3,(H,20,24). The Bertz CT molecular complexity index is 813. The van der Waals surface area contributed by atoms with Crippen molar-refractivity contribution in [1.82, 2.24) is 15.1 Å². The first kappa shape index (κ1) is 16.0. The third-order valence-corrected chi connectivity index (χ3v) is 3.81. The Morgan fingerprint density at radius 1 is 1.12 bits per heavy atom. The van der Waals surface area contributed by atoms with E-state index < -0.39 is 6.04 Å². The van der Waals surface area contributed by atoms with Crippen LogP contribution in [0.2, 0.25) is 0 Å². The Hall–Kier alpha value is -2.92. The number of para-hydroxylation sites is 1. The van der Waals surface area contributed by atoms with Crippen LogP contribution in [0.5, 0.6) is 0 Å². The number of aryl methyl sites for hydroxylation is 1. The van der Waals surface area contributed by atoms with Crippen LogP contribution in [0.25, 0.3) is 5.69 Å². The van der Waals surface area contributed by atoms with E-state index in [1.807, 2.05) is 67.6 Å². The summed E-state index contributed by atoms with van der Waals surface area (Å²) < 4.78 is 1.73. The number of rotatable bonds is 5. The number of aromatic nitrogens is 2. The van der Waals surface area contributed by atoms with E-state index in [1.165, 1.54) is 0 Å². The lowest BCUT2D eigenvalue weighted by Crippen LogP contribution is -2.31. The summed E-state index contributed by atoms with van der Waals surface area (Å²) in [5, 5.41) is 16.8. The number of nitrogens with zero attached hydrogens (tertiary/aromatic N) is 2. The second-order valence-electron chi connectivity index (χ2n) is 5.54. The van der Waals surface area contributed by atoms with E-state index in [4.69, 9.17) is 0 Å². The lowest BCUT2D eigenvalue weighted by molar-refractivity contribution is 0.0910. The van der Waals surface area contributed by atoms with E-state index in [-0.39, 0.29) is 12.5 Å². The van der Waals surface area contributed by atoms with Crippen molar-refractivity contribution in [3.05, 3.63) is 83.7 Å². The Labute approximate surface area is 140 Å². The molecule has 0 bridgehead atoms. The van der Waals surface area contributed by atoms with Crippen molar-refractivity contribution in [1.29, 1.82) is 0 Å². The minimum Gasteiger partial charge on any atom is -0.394 e. The average Bonchev–Trinajstić information content (AvgIpc) is 3.03. The molecule has 0 aliphatic rings. The third kappa shape index (κ3) is 3.36. The fourth-order valence-corrected chi connectivity index (χ4v) is 2.57. The van der Waals surface area contributed by atoms with Gasteiger partial charge in [-0.3, -0.25) is 4.79 Å². The number of hydrogen-bond acceptors (Lipinski definition) is 3. The molecule has 2 aromatic carbocycles. The highest BCUT2D eigenvalue weighted by Crippen LogP contribution is 2.15. The van der Waals surface area contributed by atoms with Crippen LogP contribution in [0.1, 0.15) is 27.8 Å². The summed E-state index contributed by atoms with van der Waals surface area (Å²) in [7, 11) is 0. The number of aliphatic hydroxyl groups is 1. The smallest absolute Gasteiger partial charge is 0.272 e. The molecule has 1 amide bonds. The summed E-state index contributed by atoms with van der Waals surface area (Å²) in [6.45, 7) is 1.73. The summed E-state index contributed by atoms with van der Waals surface area (Å²) >= 11 is 0. The van der Waals surface area contributed by atoms with Crippen LogP contribution in [0.4, 0.5) is 0 Å². The molecule has 0 saturated heterocycles. The monoisotopic (exact) mass is 321 g/mol. The fraction of sp³-hybridized carbons (Fsp3) is 0.158. The van der Waals surface area contributed by atoms with Crippen molar-refractivity contribution >= 4 is 5.91 Å². The fourth-order valence-electron chi connectivity index (χ4n) is 2.57. The molecule has 24 heavy (non-hydrogen) atoms. The van der Waals surface area contributed by atoms with Gasteiger partial charge in [0.05, 0.1) is 18.3 Å². The molecule has 0 aliphatic carbocycles. The van der Waals surface area contributed by atoms with E-state index >= 15 is 0 Å². The van der Waals surface area contributed by atoms with Gasteiger partial charge < -0.3 is 10.4 Å². The Balaban J connectivity index is 1.81. The Morgan fingerprint density at radius 3 is 2.38 bits per heavy atom. The molecule has 3 rings (SSSR count). The molecule has 122 valence electrons. The summed E-state index contributed by atoms with van der Waals surface area (Å²) in [5.41, 5.74) is 2.95. The summed E-state index contributed by atoms with van der Waals surface area (Å²) in [5.74, 6) is -0.310. The third-order valence-electron chi connectivity index (χ3n) is 3.81. The number of amides is 1. The van der Waals surface area contributed by atoms with Gasteiger partial charge in [-0.05, 0) is 30.7 Å². The average molecular weight is 321 g/mol. The summed E-state index contributed by atoms with van der Waals surface area (Å²) in [6.07, 6.45) is 0. The maximum absolute atomic E-state index is 12.5. The SMILES string of the molecule is Cc1cc(C(=O)NC(CO)c2ccccc2)nn1-c1ccccc1. The molecule has 2 N–H and O–H groups in total. The quantitative estimate of drug-likeness (QED) is 0.759. The first-order valence-corrected chi connectivity index (χ1v) is 7.78. The molecule has 0 radical (unpaired) electrons.